The van der Waals surface area contributed by atoms with Gasteiger partial charge in [-0.15, -0.1) is 0 Å². The fraction of sp³-hybridized carbons (Fsp3) is 0.600. The smallest absolute Gasteiger partial charge is 0.247 e. The van der Waals surface area contributed by atoms with Crippen molar-refractivity contribution in [3.05, 3.63) is 12.2 Å². The Morgan fingerprint density at radius 1 is 1.53 bits per heavy atom. The molecule has 1 aliphatic rings. The van der Waals surface area contributed by atoms with Crippen molar-refractivity contribution >= 4 is 11.8 Å². The second-order valence-electron chi connectivity index (χ2n) is 3.24. The van der Waals surface area contributed by atoms with E-state index in [0.29, 0.717) is 13.2 Å². The Labute approximate surface area is 89.1 Å². The molecule has 84 valence electrons. The van der Waals surface area contributed by atoms with Gasteiger partial charge in [0.25, 0.3) is 0 Å². The van der Waals surface area contributed by atoms with E-state index in [1.165, 1.54) is 11.0 Å². The van der Waals surface area contributed by atoms with Crippen molar-refractivity contribution in [2.75, 3.05) is 26.8 Å². The van der Waals surface area contributed by atoms with Crippen LogP contribution in [-0.4, -0.2) is 49.6 Å². The second kappa shape index (κ2) is 5.50. The average Bonchev–Trinajstić information content (AvgIpc) is 2.28. The Bertz CT molecular complexity index is 276. The first-order chi connectivity index (χ1) is 7.20. The SMILES string of the molecule is C/C=C/C(=O)N1CCOCC1C(=O)NC. The zero-order valence-corrected chi connectivity index (χ0v) is 9.03. The van der Waals surface area contributed by atoms with Crippen LogP contribution in [0.3, 0.4) is 0 Å². The van der Waals surface area contributed by atoms with Gasteiger partial charge < -0.3 is 15.0 Å². The molecule has 5 heteroatoms. The van der Waals surface area contributed by atoms with E-state index < -0.39 is 6.04 Å². The number of likely N-dealkylation sites (N-methyl/N-ethyl adjacent to an activating group) is 1. The quantitative estimate of drug-likeness (QED) is 0.630. The van der Waals surface area contributed by atoms with Crippen LogP contribution in [0.25, 0.3) is 0 Å². The molecule has 15 heavy (non-hydrogen) atoms. The van der Waals surface area contributed by atoms with Gasteiger partial charge in [0, 0.05) is 13.6 Å². The molecule has 1 heterocycles. The van der Waals surface area contributed by atoms with Gasteiger partial charge in [0.15, 0.2) is 0 Å². The molecule has 0 aliphatic carbocycles. The molecule has 0 radical (unpaired) electrons. The first-order valence-corrected chi connectivity index (χ1v) is 4.93. The lowest BCUT2D eigenvalue weighted by Crippen LogP contribution is -2.55. The topological polar surface area (TPSA) is 58.6 Å². The van der Waals surface area contributed by atoms with E-state index in [1.54, 1.807) is 20.0 Å². The predicted molar refractivity (Wildman–Crippen MR) is 55.2 cm³/mol. The first-order valence-electron chi connectivity index (χ1n) is 4.93. The van der Waals surface area contributed by atoms with E-state index in [9.17, 15) is 9.59 Å². The van der Waals surface area contributed by atoms with Crippen molar-refractivity contribution in [1.82, 2.24) is 10.2 Å². The molecule has 1 rings (SSSR count). The minimum Gasteiger partial charge on any atom is -0.377 e. The number of allylic oxidation sites excluding steroid dienone is 1. The molecule has 1 atom stereocenters. The molecule has 0 aromatic rings. The van der Waals surface area contributed by atoms with Crippen LogP contribution in [0.5, 0.6) is 0 Å². The average molecular weight is 212 g/mol. The van der Waals surface area contributed by atoms with E-state index in [-0.39, 0.29) is 18.4 Å². The number of hydrogen-bond acceptors (Lipinski definition) is 3. The van der Waals surface area contributed by atoms with Crippen molar-refractivity contribution in [1.29, 1.82) is 0 Å². The third-order valence-corrected chi connectivity index (χ3v) is 2.27. The van der Waals surface area contributed by atoms with Crippen LogP contribution < -0.4 is 5.32 Å². The number of hydrogen-bond donors (Lipinski definition) is 1. The van der Waals surface area contributed by atoms with Crippen LogP contribution in [0.1, 0.15) is 6.92 Å². The molecule has 0 bridgehead atoms. The molecule has 2 amide bonds. The number of nitrogens with one attached hydrogen (secondary N) is 1. The fourth-order valence-electron chi connectivity index (χ4n) is 1.49. The fourth-order valence-corrected chi connectivity index (χ4v) is 1.49. The maximum Gasteiger partial charge on any atom is 0.247 e. The Morgan fingerprint density at radius 3 is 2.87 bits per heavy atom. The van der Waals surface area contributed by atoms with Crippen LogP contribution in [-0.2, 0) is 14.3 Å². The number of rotatable bonds is 2. The lowest BCUT2D eigenvalue weighted by Gasteiger charge is -2.33. The molecule has 1 saturated heterocycles. The first kappa shape index (κ1) is 11.7. The summed E-state index contributed by atoms with van der Waals surface area (Å²) in [6.07, 6.45) is 3.12. The van der Waals surface area contributed by atoms with Crippen LogP contribution in [0.2, 0.25) is 0 Å². The number of carbonyl (C=O) groups excluding carboxylic acids is 2. The normalized spacial score (nSPS) is 21.7. The zero-order chi connectivity index (χ0) is 11.3. The molecular weight excluding hydrogens is 196 g/mol. The molecular formula is C10H16N2O3. The van der Waals surface area contributed by atoms with Crippen molar-refractivity contribution < 1.29 is 14.3 Å². The summed E-state index contributed by atoms with van der Waals surface area (Å²) in [6.45, 7) is 2.98. The number of morpholine rings is 1. The number of amides is 2. The highest BCUT2D eigenvalue weighted by atomic mass is 16.5. The van der Waals surface area contributed by atoms with Gasteiger partial charge in [-0.05, 0) is 13.0 Å². The summed E-state index contributed by atoms with van der Waals surface area (Å²) in [4.78, 5) is 24.6. The maximum atomic E-state index is 11.6. The van der Waals surface area contributed by atoms with Gasteiger partial charge in [0.05, 0.1) is 13.2 Å². The lowest BCUT2D eigenvalue weighted by molar-refractivity contribution is -0.144. The Balaban J connectivity index is 2.73. The molecule has 1 fully saturated rings. The third-order valence-electron chi connectivity index (χ3n) is 2.27. The Morgan fingerprint density at radius 2 is 2.27 bits per heavy atom. The highest BCUT2D eigenvalue weighted by Gasteiger charge is 2.30. The summed E-state index contributed by atoms with van der Waals surface area (Å²) < 4.78 is 5.18. The van der Waals surface area contributed by atoms with Gasteiger partial charge in [-0.25, -0.2) is 0 Å². The summed E-state index contributed by atoms with van der Waals surface area (Å²) >= 11 is 0. The van der Waals surface area contributed by atoms with Crippen LogP contribution in [0.15, 0.2) is 12.2 Å². The van der Waals surface area contributed by atoms with Gasteiger partial charge in [-0.3, -0.25) is 9.59 Å². The lowest BCUT2D eigenvalue weighted by atomic mass is 10.2. The Hall–Kier alpha value is -1.36. The van der Waals surface area contributed by atoms with E-state index in [0.717, 1.165) is 0 Å². The van der Waals surface area contributed by atoms with Crippen LogP contribution in [0, 0.1) is 0 Å². The maximum absolute atomic E-state index is 11.6. The monoisotopic (exact) mass is 212 g/mol. The van der Waals surface area contributed by atoms with Crippen molar-refractivity contribution in [3.8, 4) is 0 Å². The third kappa shape index (κ3) is 2.79. The summed E-state index contributed by atoms with van der Waals surface area (Å²) in [5, 5.41) is 2.52. The standard InChI is InChI=1S/C10H16N2O3/c1-3-4-9(13)12-5-6-15-7-8(12)10(14)11-2/h3-4,8H,5-7H2,1-2H3,(H,11,14)/b4-3+. The number of nitrogens with zero attached hydrogens (tertiary/aromatic N) is 1. The van der Waals surface area contributed by atoms with E-state index in [2.05, 4.69) is 5.32 Å². The zero-order valence-electron chi connectivity index (χ0n) is 9.03. The summed E-state index contributed by atoms with van der Waals surface area (Å²) in [7, 11) is 1.55. The number of carbonyl (C=O) groups is 2. The molecule has 1 unspecified atom stereocenters. The molecule has 0 saturated carbocycles. The summed E-state index contributed by atoms with van der Waals surface area (Å²) in [5.41, 5.74) is 0. The Kier molecular flexibility index (Phi) is 4.30. The molecule has 0 spiro atoms. The van der Waals surface area contributed by atoms with Crippen molar-refractivity contribution in [2.45, 2.75) is 13.0 Å². The minimum absolute atomic E-state index is 0.144. The van der Waals surface area contributed by atoms with Crippen LogP contribution in [0.4, 0.5) is 0 Å². The van der Waals surface area contributed by atoms with Crippen LogP contribution >= 0.6 is 0 Å². The minimum atomic E-state index is -0.507. The highest BCUT2D eigenvalue weighted by Crippen LogP contribution is 2.08. The predicted octanol–water partition coefficient (Wildman–Crippen LogP) is -0.464. The van der Waals surface area contributed by atoms with E-state index in [4.69, 9.17) is 4.74 Å². The largest absolute Gasteiger partial charge is 0.377 e. The van der Waals surface area contributed by atoms with E-state index in [1.807, 2.05) is 0 Å². The van der Waals surface area contributed by atoms with E-state index >= 15 is 0 Å². The summed E-state index contributed by atoms with van der Waals surface area (Å²) in [6, 6.07) is -0.507. The van der Waals surface area contributed by atoms with Gasteiger partial charge in [0.1, 0.15) is 6.04 Å². The van der Waals surface area contributed by atoms with Gasteiger partial charge in [-0.2, -0.15) is 0 Å². The molecule has 5 nitrogen and oxygen atoms in total. The van der Waals surface area contributed by atoms with Gasteiger partial charge >= 0.3 is 0 Å². The number of ether oxygens (including phenoxy) is 1. The second-order valence-corrected chi connectivity index (χ2v) is 3.24. The van der Waals surface area contributed by atoms with Gasteiger partial charge in [0.2, 0.25) is 11.8 Å². The molecule has 1 N–H and O–H groups in total. The summed E-state index contributed by atoms with van der Waals surface area (Å²) in [5.74, 6) is -0.332. The highest BCUT2D eigenvalue weighted by molar-refractivity contribution is 5.93. The van der Waals surface area contributed by atoms with Crippen molar-refractivity contribution in [3.63, 3.8) is 0 Å². The van der Waals surface area contributed by atoms with Gasteiger partial charge in [-0.1, -0.05) is 6.08 Å². The molecule has 0 aromatic carbocycles. The molecule has 1 aliphatic heterocycles. The van der Waals surface area contributed by atoms with Crippen molar-refractivity contribution in [2.24, 2.45) is 0 Å². The molecule has 0 aromatic heterocycles.